The minimum atomic E-state index is -2.22. The van der Waals surface area contributed by atoms with Gasteiger partial charge in [0.15, 0.2) is 49.9 Å². The normalized spacial score (nSPS) is 54.8. The summed E-state index contributed by atoms with van der Waals surface area (Å²) in [5.74, 6) is -3.29. The highest BCUT2D eigenvalue weighted by molar-refractivity contribution is 5.79. The molecule has 0 aromatic carbocycles. The maximum absolute atomic E-state index is 15.7. The number of aliphatic hydroxyl groups is 17. The van der Waals surface area contributed by atoms with Gasteiger partial charge in [-0.3, -0.25) is 4.79 Å². The average Bonchev–Trinajstić information content (AvgIpc) is 0.674. The minimum Gasteiger partial charge on any atom is -0.479 e. The molecular weight excluding hydrogens is 1390 g/mol. The summed E-state index contributed by atoms with van der Waals surface area (Å²) in [5.41, 5.74) is -3.39. The molecule has 0 bridgehead atoms. The number of esters is 1. The van der Waals surface area contributed by atoms with Crippen LogP contribution in [0.2, 0.25) is 0 Å². The number of carboxylic acid groups (broad SMARTS) is 1. The van der Waals surface area contributed by atoms with Gasteiger partial charge in [-0.25, -0.2) is 4.79 Å². The second-order valence-electron chi connectivity index (χ2n) is 33.0. The summed E-state index contributed by atoms with van der Waals surface area (Å²) in [4.78, 5) is 42.9. The number of hydrogen-bond acceptors (Lipinski definition) is 34. The molecule has 0 radical (unpaired) electrons. The number of allylic oxidation sites excluding steroid dienone is 2. The standard InChI is InChI=1S/C69H108O35/c1-25-36(75)41(80)53(102-59-46(85)42(81)49(26(2)95-59)98-58-48(87)50(31(74)23-93-58)99-56-43(82)37(76)29(72)21-91-56)61(94-25)104-63(90)69-17-15-64(3,4)19-28(69)27-9-10-34-65(5)13-12-35(66(6,24-71)33(65)11-14-68(34,8)67(27,7)16-18-69)97-62-54(103-57-44(83)38(77)30(73)22-92-57)51(47(86)52(101-62)55(88)89)100-60-45(84)40(79)39(78)32(20-70)96-60/h9,24-26,28-54,56-62,70,72-87H,10-23H2,1-8H3,(H,88,89)/t25-,26+,28?,29-,30+,31-,32-,33?,34?,35+,36+,37+,38+,39+,40+,41+,42+,43-,44-,45-,46-,47+,48-,49+,50+,51+,52+,53-,54-,56+,57+,58+,59+,60+,61+,62-,65+,66+,67-,68-,69+/m1/s1. The lowest BCUT2D eigenvalue weighted by molar-refractivity contribution is -0.390. The number of hydrogen-bond donors (Lipinski definition) is 18. The molecule has 4 saturated carbocycles. The highest BCUT2D eigenvalue weighted by Gasteiger charge is 2.72. The van der Waals surface area contributed by atoms with E-state index in [4.69, 9.17) is 66.3 Å². The number of aldehydes is 1. The van der Waals surface area contributed by atoms with Gasteiger partial charge in [0.1, 0.15) is 134 Å². The molecule has 7 heterocycles. The lowest BCUT2D eigenvalue weighted by Gasteiger charge is -2.71. The fourth-order valence-corrected chi connectivity index (χ4v) is 19.9. The molecule has 7 saturated heterocycles. The molecule has 0 spiro atoms. The predicted octanol–water partition coefficient (Wildman–Crippen LogP) is -5.32. The number of fused-ring (bicyclic) bond motifs is 7. The fraction of sp³-hybridized carbons (Fsp3) is 0.928. The Balaban J connectivity index is 0.766. The summed E-state index contributed by atoms with van der Waals surface area (Å²) in [6.45, 7) is 13.2. The number of aliphatic hydroxyl groups excluding tert-OH is 17. The van der Waals surface area contributed by atoms with Crippen LogP contribution in [0.15, 0.2) is 11.6 Å². The zero-order valence-corrected chi connectivity index (χ0v) is 59.3. The average molecular weight is 1500 g/mol. The highest BCUT2D eigenvalue weighted by atomic mass is 16.8. The van der Waals surface area contributed by atoms with Crippen molar-refractivity contribution in [2.45, 2.75) is 322 Å². The smallest absolute Gasteiger partial charge is 0.335 e. The van der Waals surface area contributed by atoms with Crippen molar-refractivity contribution in [3.05, 3.63) is 11.6 Å². The highest BCUT2D eigenvalue weighted by Crippen LogP contribution is 2.76. The number of carboxylic acids is 1. The summed E-state index contributed by atoms with van der Waals surface area (Å²) in [6.07, 6.45) is -49.8. The van der Waals surface area contributed by atoms with Crippen LogP contribution in [0.4, 0.5) is 0 Å². The van der Waals surface area contributed by atoms with Crippen molar-refractivity contribution in [3.63, 3.8) is 0 Å². The van der Waals surface area contributed by atoms with Gasteiger partial charge in [-0.1, -0.05) is 53.2 Å². The molecule has 35 nitrogen and oxygen atoms in total. The fourth-order valence-electron chi connectivity index (χ4n) is 19.9. The maximum Gasteiger partial charge on any atom is 0.335 e. The van der Waals surface area contributed by atoms with Gasteiger partial charge in [0.05, 0.1) is 55.6 Å². The largest absolute Gasteiger partial charge is 0.479 e. The molecule has 7 aliphatic heterocycles. The molecule has 12 rings (SSSR count). The molecule has 594 valence electrons. The van der Waals surface area contributed by atoms with Crippen LogP contribution in [0, 0.1) is 50.2 Å². The third-order valence-corrected chi connectivity index (χ3v) is 26.4. The van der Waals surface area contributed by atoms with Crippen molar-refractivity contribution < 1.29 is 173 Å². The van der Waals surface area contributed by atoms with Crippen LogP contribution in [0.25, 0.3) is 0 Å². The Morgan fingerprint density at radius 2 is 1.03 bits per heavy atom. The van der Waals surface area contributed by atoms with Crippen molar-refractivity contribution in [1.82, 2.24) is 0 Å². The summed E-state index contributed by atoms with van der Waals surface area (Å²) in [6, 6.07) is 0. The summed E-state index contributed by atoms with van der Waals surface area (Å²) in [5, 5.41) is 196. The maximum atomic E-state index is 15.7. The van der Waals surface area contributed by atoms with Gasteiger partial charge in [0.2, 0.25) is 6.29 Å². The van der Waals surface area contributed by atoms with E-state index < -0.39 is 280 Å². The first-order valence-corrected chi connectivity index (χ1v) is 36.3. The van der Waals surface area contributed by atoms with Crippen LogP contribution >= 0.6 is 0 Å². The van der Waals surface area contributed by atoms with E-state index in [2.05, 4.69) is 40.7 Å². The van der Waals surface area contributed by atoms with Crippen molar-refractivity contribution >= 4 is 18.2 Å². The van der Waals surface area contributed by atoms with Crippen molar-refractivity contribution in [3.8, 4) is 0 Å². The van der Waals surface area contributed by atoms with Crippen LogP contribution in [-0.2, 0) is 80.7 Å². The number of carbonyl (C=O) groups excluding carboxylic acids is 2. The van der Waals surface area contributed by atoms with Crippen LogP contribution < -0.4 is 0 Å². The van der Waals surface area contributed by atoms with E-state index in [9.17, 15) is 102 Å². The molecule has 3 unspecified atom stereocenters. The van der Waals surface area contributed by atoms with E-state index >= 15 is 4.79 Å². The molecule has 18 N–H and O–H groups in total. The lowest BCUT2D eigenvalue weighted by atomic mass is 9.33. The zero-order chi connectivity index (χ0) is 75.7. The van der Waals surface area contributed by atoms with Gasteiger partial charge in [0.25, 0.3) is 0 Å². The van der Waals surface area contributed by atoms with Gasteiger partial charge in [0, 0.05) is 0 Å². The summed E-state index contributed by atoms with van der Waals surface area (Å²) >= 11 is 0. The second kappa shape index (κ2) is 30.3. The second-order valence-corrected chi connectivity index (χ2v) is 33.0. The quantitative estimate of drug-likeness (QED) is 0.0280. The summed E-state index contributed by atoms with van der Waals surface area (Å²) in [7, 11) is 0. The van der Waals surface area contributed by atoms with Crippen LogP contribution in [0.3, 0.4) is 0 Å². The van der Waals surface area contributed by atoms with E-state index in [1.807, 2.05) is 0 Å². The number of aliphatic carboxylic acids is 1. The van der Waals surface area contributed by atoms with Crippen LogP contribution in [-0.4, -0.2) is 339 Å². The van der Waals surface area contributed by atoms with E-state index in [-0.39, 0.29) is 17.8 Å². The van der Waals surface area contributed by atoms with E-state index in [0.29, 0.717) is 57.8 Å². The molecule has 41 atom stereocenters. The van der Waals surface area contributed by atoms with E-state index in [0.717, 1.165) is 11.9 Å². The topological polar surface area (TPSA) is 545 Å². The molecule has 0 aromatic heterocycles. The number of rotatable bonds is 17. The van der Waals surface area contributed by atoms with Crippen molar-refractivity contribution in [2.24, 2.45) is 50.2 Å². The van der Waals surface area contributed by atoms with Crippen LogP contribution in [0.5, 0.6) is 0 Å². The zero-order valence-electron chi connectivity index (χ0n) is 59.3. The van der Waals surface area contributed by atoms with Gasteiger partial charge in [-0.15, -0.1) is 0 Å². The van der Waals surface area contributed by atoms with Gasteiger partial charge >= 0.3 is 11.9 Å². The first kappa shape index (κ1) is 80.7. The lowest BCUT2D eigenvalue weighted by Crippen LogP contribution is -2.68. The van der Waals surface area contributed by atoms with Crippen LogP contribution in [0.1, 0.15) is 120 Å². The molecule has 12 aliphatic rings. The van der Waals surface area contributed by atoms with Gasteiger partial charge in [-0.2, -0.15) is 0 Å². The SMILES string of the molecule is C[C@@H]1O[C@@H](O[C@H]2[C@H](OC(=O)[C@]34CCC(C)(C)CC3C3=CCC5[C@@]6(C)CC[C@H](O[C@@H]7O[C@H](C(=O)O)[C@@H](O)[C@H](O[C@@H]8O[C@H](CO)[C@H](O)[C@H](O)[C@H]8O)[C@H]7O[C@@H]7OC[C@H](O)[C@H](O)[C@H]7O)[C@@](C)(C=O)C6CC[C@@]5(C)[C@]3(C)CC4)O[C@H](C)[C@H](O)[C@@H]2O)[C@H](O)[C@H](O)[C@H]1O[C@@H]1OC[C@@H](O)[C@H](O[C@@H]2OC[C@@H](O)[C@H](O)[C@H]2O)[C@H]1O. The third kappa shape index (κ3) is 13.9. The molecule has 11 fully saturated rings. The first-order valence-electron chi connectivity index (χ1n) is 36.3. The predicted molar refractivity (Wildman–Crippen MR) is 341 cm³/mol. The molecule has 35 heteroatoms. The monoisotopic (exact) mass is 1500 g/mol. The van der Waals surface area contributed by atoms with Gasteiger partial charge in [-0.05, 0) is 117 Å². The van der Waals surface area contributed by atoms with Gasteiger partial charge < -0.3 is 163 Å². The molecule has 5 aliphatic carbocycles. The minimum absolute atomic E-state index is 0.0990. The van der Waals surface area contributed by atoms with Crippen molar-refractivity contribution in [2.75, 3.05) is 26.4 Å². The Hall–Kier alpha value is -2.85. The Labute approximate surface area is 599 Å². The molecule has 104 heavy (non-hydrogen) atoms. The summed E-state index contributed by atoms with van der Waals surface area (Å²) < 4.78 is 83.7. The van der Waals surface area contributed by atoms with E-state index in [1.54, 1.807) is 6.92 Å². The number of ether oxygens (including phenoxy) is 14. The Kier molecular flexibility index (Phi) is 23.5. The Morgan fingerprint density at radius 1 is 0.490 bits per heavy atom. The Morgan fingerprint density at radius 3 is 1.65 bits per heavy atom. The molecule has 0 aromatic rings. The Bertz CT molecular complexity index is 3040. The first-order chi connectivity index (χ1) is 48.8. The third-order valence-electron chi connectivity index (χ3n) is 26.4. The molecule has 0 amide bonds. The van der Waals surface area contributed by atoms with E-state index in [1.165, 1.54) is 13.8 Å². The molecular formula is C69H108O35. The number of carbonyl (C=O) groups is 3. The van der Waals surface area contributed by atoms with Crippen molar-refractivity contribution in [1.29, 1.82) is 0 Å².